The molecule has 0 bridgehead atoms. The van der Waals surface area contributed by atoms with E-state index < -0.39 is 6.04 Å². The summed E-state index contributed by atoms with van der Waals surface area (Å²) in [5.41, 5.74) is 7.72. The summed E-state index contributed by atoms with van der Waals surface area (Å²) in [6, 6.07) is 8.73. The molecule has 3 N–H and O–H groups in total. The first-order valence-corrected chi connectivity index (χ1v) is 5.71. The van der Waals surface area contributed by atoms with Crippen molar-refractivity contribution >= 4 is 5.91 Å². The first-order chi connectivity index (χ1) is 8.68. The molecule has 0 unspecified atom stereocenters. The number of amides is 1. The Morgan fingerprint density at radius 1 is 1.44 bits per heavy atom. The van der Waals surface area contributed by atoms with Crippen molar-refractivity contribution in [1.29, 1.82) is 0 Å². The Morgan fingerprint density at radius 2 is 2.17 bits per heavy atom. The summed E-state index contributed by atoms with van der Waals surface area (Å²) in [5, 5.41) is 6.56. The average molecular weight is 244 g/mol. The van der Waals surface area contributed by atoms with Gasteiger partial charge in [-0.05, 0) is 5.56 Å². The molecule has 0 aliphatic rings. The van der Waals surface area contributed by atoms with E-state index in [2.05, 4.69) is 10.2 Å². The van der Waals surface area contributed by atoms with E-state index in [1.807, 2.05) is 30.3 Å². The van der Waals surface area contributed by atoms with Crippen LogP contribution in [0.3, 0.4) is 0 Å². The molecule has 5 heteroatoms. The van der Waals surface area contributed by atoms with Crippen LogP contribution in [0.25, 0.3) is 0 Å². The van der Waals surface area contributed by atoms with Crippen molar-refractivity contribution in [2.24, 2.45) is 5.73 Å². The van der Waals surface area contributed by atoms with Crippen LogP contribution in [0.2, 0.25) is 0 Å². The Hall–Kier alpha value is -2.14. The molecule has 1 amide bonds. The molecule has 0 saturated carbocycles. The zero-order valence-corrected chi connectivity index (χ0v) is 10.2. The highest BCUT2D eigenvalue weighted by molar-refractivity contribution is 5.82. The number of aromatic amines is 1. The Morgan fingerprint density at radius 3 is 2.78 bits per heavy atom. The quantitative estimate of drug-likeness (QED) is 0.844. The van der Waals surface area contributed by atoms with Gasteiger partial charge in [0, 0.05) is 25.4 Å². The number of likely N-dealkylation sites (N-methyl/N-ethyl adjacent to an activating group) is 1. The third kappa shape index (κ3) is 2.75. The van der Waals surface area contributed by atoms with Crippen molar-refractivity contribution < 1.29 is 4.79 Å². The number of H-pyrrole nitrogens is 1. The fourth-order valence-corrected chi connectivity index (χ4v) is 1.76. The number of nitrogens with two attached hydrogens (primary N) is 1. The average Bonchev–Trinajstić information content (AvgIpc) is 2.91. The summed E-state index contributed by atoms with van der Waals surface area (Å²) in [6.07, 6.45) is 3.45. The van der Waals surface area contributed by atoms with Crippen LogP contribution in [0.15, 0.2) is 42.7 Å². The summed E-state index contributed by atoms with van der Waals surface area (Å²) in [6.45, 7) is 0.496. The lowest BCUT2D eigenvalue weighted by Crippen LogP contribution is -2.35. The summed E-state index contributed by atoms with van der Waals surface area (Å²) >= 11 is 0. The Balaban J connectivity index is 2.02. The molecule has 1 atom stereocenters. The number of carbonyl (C=O) groups is 1. The smallest absolute Gasteiger partial charge is 0.244 e. The molecule has 1 heterocycles. The number of nitrogens with one attached hydrogen (secondary N) is 1. The lowest BCUT2D eigenvalue weighted by Gasteiger charge is -2.20. The second-order valence-electron chi connectivity index (χ2n) is 4.19. The zero-order chi connectivity index (χ0) is 13.0. The molecular weight excluding hydrogens is 228 g/mol. The number of rotatable bonds is 4. The Labute approximate surface area is 106 Å². The number of benzene rings is 1. The summed E-state index contributed by atoms with van der Waals surface area (Å²) in [4.78, 5) is 13.7. The fourth-order valence-electron chi connectivity index (χ4n) is 1.76. The zero-order valence-electron chi connectivity index (χ0n) is 10.2. The fraction of sp³-hybridized carbons (Fsp3) is 0.231. The second kappa shape index (κ2) is 5.46. The van der Waals surface area contributed by atoms with Gasteiger partial charge in [0.1, 0.15) is 6.04 Å². The van der Waals surface area contributed by atoms with Gasteiger partial charge >= 0.3 is 0 Å². The lowest BCUT2D eigenvalue weighted by atomic mass is 10.1. The maximum Gasteiger partial charge on any atom is 0.244 e. The molecule has 18 heavy (non-hydrogen) atoms. The van der Waals surface area contributed by atoms with Crippen molar-refractivity contribution in [3.63, 3.8) is 0 Å². The largest absolute Gasteiger partial charge is 0.340 e. The molecule has 94 valence electrons. The van der Waals surface area contributed by atoms with E-state index in [1.54, 1.807) is 24.3 Å². The highest BCUT2D eigenvalue weighted by Crippen LogP contribution is 2.13. The van der Waals surface area contributed by atoms with Crippen LogP contribution < -0.4 is 5.73 Å². The van der Waals surface area contributed by atoms with Crippen molar-refractivity contribution in [2.75, 3.05) is 7.05 Å². The minimum atomic E-state index is -0.622. The van der Waals surface area contributed by atoms with Crippen LogP contribution in [0.5, 0.6) is 0 Å². The van der Waals surface area contributed by atoms with Crippen LogP contribution in [0.4, 0.5) is 0 Å². The minimum Gasteiger partial charge on any atom is -0.340 e. The third-order valence-corrected chi connectivity index (χ3v) is 2.78. The van der Waals surface area contributed by atoms with E-state index in [0.717, 1.165) is 11.1 Å². The van der Waals surface area contributed by atoms with Gasteiger partial charge in [-0.2, -0.15) is 5.10 Å². The monoisotopic (exact) mass is 244 g/mol. The molecule has 1 aromatic heterocycles. The Bertz CT molecular complexity index is 495. The molecule has 0 fully saturated rings. The SMILES string of the molecule is CN(Cc1cn[nH]c1)C(=O)[C@@H](N)c1ccccc1. The molecule has 0 aliphatic carbocycles. The minimum absolute atomic E-state index is 0.109. The van der Waals surface area contributed by atoms with Gasteiger partial charge in [-0.15, -0.1) is 0 Å². The van der Waals surface area contributed by atoms with Crippen molar-refractivity contribution in [1.82, 2.24) is 15.1 Å². The van der Waals surface area contributed by atoms with E-state index in [9.17, 15) is 4.79 Å². The van der Waals surface area contributed by atoms with Crippen molar-refractivity contribution in [3.8, 4) is 0 Å². The van der Waals surface area contributed by atoms with Crippen molar-refractivity contribution in [2.45, 2.75) is 12.6 Å². The first-order valence-electron chi connectivity index (χ1n) is 5.71. The van der Waals surface area contributed by atoms with E-state index in [4.69, 9.17) is 5.73 Å². The summed E-state index contributed by atoms with van der Waals surface area (Å²) in [5.74, 6) is -0.109. The molecule has 0 aliphatic heterocycles. The maximum absolute atomic E-state index is 12.1. The van der Waals surface area contributed by atoms with Crippen molar-refractivity contribution in [3.05, 3.63) is 53.9 Å². The third-order valence-electron chi connectivity index (χ3n) is 2.78. The maximum atomic E-state index is 12.1. The first kappa shape index (κ1) is 12.3. The predicted octanol–water partition coefficient (Wildman–Crippen LogP) is 1.07. The van der Waals surface area contributed by atoms with Gasteiger partial charge in [-0.1, -0.05) is 30.3 Å². The summed E-state index contributed by atoms with van der Waals surface area (Å²) < 4.78 is 0. The van der Waals surface area contributed by atoms with Gasteiger partial charge in [0.25, 0.3) is 0 Å². The van der Waals surface area contributed by atoms with E-state index in [-0.39, 0.29) is 5.91 Å². The van der Waals surface area contributed by atoms with Crippen LogP contribution in [-0.2, 0) is 11.3 Å². The standard InChI is InChI=1S/C13H16N4O/c1-17(9-10-7-15-16-8-10)13(18)12(14)11-5-3-2-4-6-11/h2-8,12H,9,14H2,1H3,(H,15,16)/t12-/m0/s1. The summed E-state index contributed by atoms with van der Waals surface area (Å²) in [7, 11) is 1.73. The highest BCUT2D eigenvalue weighted by atomic mass is 16.2. The molecule has 0 saturated heterocycles. The van der Waals surface area contributed by atoms with Gasteiger partial charge in [0.2, 0.25) is 5.91 Å². The van der Waals surface area contributed by atoms with Crippen LogP contribution >= 0.6 is 0 Å². The van der Waals surface area contributed by atoms with Gasteiger partial charge in [0.15, 0.2) is 0 Å². The highest BCUT2D eigenvalue weighted by Gasteiger charge is 2.19. The number of hydrogen-bond acceptors (Lipinski definition) is 3. The molecule has 0 spiro atoms. The predicted molar refractivity (Wildman–Crippen MR) is 68.4 cm³/mol. The van der Waals surface area contributed by atoms with E-state index in [1.165, 1.54) is 0 Å². The number of carbonyl (C=O) groups excluding carboxylic acids is 1. The van der Waals surface area contributed by atoms with Gasteiger partial charge < -0.3 is 10.6 Å². The molecule has 1 aromatic carbocycles. The molecule has 0 radical (unpaired) electrons. The van der Waals surface area contributed by atoms with E-state index >= 15 is 0 Å². The lowest BCUT2D eigenvalue weighted by molar-refractivity contribution is -0.131. The van der Waals surface area contributed by atoms with Crippen LogP contribution in [-0.4, -0.2) is 28.1 Å². The molecule has 2 aromatic rings. The number of nitrogens with zero attached hydrogens (tertiary/aromatic N) is 2. The Kier molecular flexibility index (Phi) is 3.74. The topological polar surface area (TPSA) is 75.0 Å². The van der Waals surface area contributed by atoms with E-state index in [0.29, 0.717) is 6.54 Å². The number of aromatic nitrogens is 2. The van der Waals surface area contributed by atoms with Crippen LogP contribution in [0, 0.1) is 0 Å². The number of hydrogen-bond donors (Lipinski definition) is 2. The molecule has 5 nitrogen and oxygen atoms in total. The van der Waals surface area contributed by atoms with Gasteiger partial charge in [-0.25, -0.2) is 0 Å². The second-order valence-corrected chi connectivity index (χ2v) is 4.19. The normalized spacial score (nSPS) is 12.1. The van der Waals surface area contributed by atoms with Crippen LogP contribution in [0.1, 0.15) is 17.2 Å². The van der Waals surface area contributed by atoms with Gasteiger partial charge in [-0.3, -0.25) is 9.89 Å². The molecular formula is C13H16N4O. The van der Waals surface area contributed by atoms with Gasteiger partial charge in [0.05, 0.1) is 6.20 Å². The molecule has 2 rings (SSSR count).